The molecule has 1 atom stereocenters. The zero-order valence-electron chi connectivity index (χ0n) is 15.8. The van der Waals surface area contributed by atoms with Gasteiger partial charge in [0.15, 0.2) is 11.4 Å². The molecule has 1 aromatic carbocycles. The van der Waals surface area contributed by atoms with Gasteiger partial charge in [0.25, 0.3) is 15.9 Å². The van der Waals surface area contributed by atoms with Crippen molar-refractivity contribution in [1.82, 2.24) is 4.57 Å². The molecule has 11 heteroatoms. The molecule has 2 N–H and O–H groups in total. The lowest BCUT2D eigenvalue weighted by atomic mass is 10.2. The minimum Gasteiger partial charge on any atom is -0.490 e. The lowest BCUT2D eigenvalue weighted by Gasteiger charge is -2.12. The molecule has 0 aliphatic carbocycles. The molecule has 2 aromatic rings. The summed E-state index contributed by atoms with van der Waals surface area (Å²) in [7, 11) is -2.81. The van der Waals surface area contributed by atoms with E-state index >= 15 is 0 Å². The van der Waals surface area contributed by atoms with Crippen LogP contribution in [0.2, 0.25) is 0 Å². The third kappa shape index (κ3) is 4.84. The Balaban J connectivity index is 2.45. The molecule has 1 heterocycles. The Labute approximate surface area is 172 Å². The van der Waals surface area contributed by atoms with E-state index in [2.05, 4.69) is 22.4 Å². The largest absolute Gasteiger partial charge is 0.490 e. The molecule has 156 valence electrons. The summed E-state index contributed by atoms with van der Waals surface area (Å²) in [5.41, 5.74) is -0.354. The monoisotopic (exact) mass is 432 g/mol. The van der Waals surface area contributed by atoms with Crippen LogP contribution >= 0.6 is 0 Å². The number of carbonyl (C=O) groups is 1. The first-order valence-corrected chi connectivity index (χ1v) is 9.79. The number of nitriles is 1. The summed E-state index contributed by atoms with van der Waals surface area (Å²) < 4.78 is 47.7. The number of rotatable bonds is 8. The van der Waals surface area contributed by atoms with Crippen LogP contribution in [-0.2, 0) is 17.1 Å². The van der Waals surface area contributed by atoms with Crippen molar-refractivity contribution in [2.75, 3.05) is 11.9 Å². The highest BCUT2D eigenvalue weighted by Gasteiger charge is 2.29. The summed E-state index contributed by atoms with van der Waals surface area (Å²) in [4.78, 5) is 12.4. The number of terminal acetylenes is 1. The minimum absolute atomic E-state index is 0.0169. The number of halogens is 1. The van der Waals surface area contributed by atoms with Crippen LogP contribution in [0.25, 0.3) is 0 Å². The number of amides is 1. The van der Waals surface area contributed by atoms with E-state index in [1.807, 2.05) is 0 Å². The molecule has 2 rings (SSSR count). The average Bonchev–Trinajstić information content (AvgIpc) is 3.06. The van der Waals surface area contributed by atoms with Gasteiger partial charge in [0.05, 0.1) is 12.2 Å². The van der Waals surface area contributed by atoms with Gasteiger partial charge in [0.1, 0.15) is 22.9 Å². The van der Waals surface area contributed by atoms with Crippen LogP contribution in [0.1, 0.15) is 22.5 Å². The number of aliphatic hydroxyl groups is 1. The Morgan fingerprint density at radius 3 is 2.83 bits per heavy atom. The van der Waals surface area contributed by atoms with Gasteiger partial charge in [0, 0.05) is 32.1 Å². The number of hydrogen-bond donors (Lipinski definition) is 2. The number of anilines is 1. The molecule has 0 radical (unpaired) electrons. The number of hydrogen-bond acceptors (Lipinski definition) is 6. The molecule has 0 fully saturated rings. The second-order valence-electron chi connectivity index (χ2n) is 5.97. The number of sulfonamides is 1. The fraction of sp³-hybridized carbons (Fsp3) is 0.211. The third-order valence-electron chi connectivity index (χ3n) is 3.94. The number of benzene rings is 1. The van der Waals surface area contributed by atoms with Gasteiger partial charge >= 0.3 is 0 Å². The predicted molar refractivity (Wildman–Crippen MR) is 106 cm³/mol. The van der Waals surface area contributed by atoms with Crippen molar-refractivity contribution in [3.63, 3.8) is 0 Å². The summed E-state index contributed by atoms with van der Waals surface area (Å²) in [6, 6.07) is 5.03. The van der Waals surface area contributed by atoms with Gasteiger partial charge < -0.3 is 19.7 Å². The molecular formula is C19H17FN4O5S. The van der Waals surface area contributed by atoms with Crippen molar-refractivity contribution in [3.05, 3.63) is 41.5 Å². The van der Waals surface area contributed by atoms with Crippen molar-refractivity contribution in [1.29, 1.82) is 5.26 Å². The van der Waals surface area contributed by atoms with Crippen LogP contribution in [0.3, 0.4) is 0 Å². The molecule has 30 heavy (non-hydrogen) atoms. The van der Waals surface area contributed by atoms with Crippen molar-refractivity contribution in [3.8, 4) is 24.2 Å². The van der Waals surface area contributed by atoms with Gasteiger partial charge in [-0.25, -0.2) is 4.39 Å². The number of ether oxygens (including phenoxy) is 1. The molecule has 0 unspecified atom stereocenters. The molecule has 0 aliphatic rings. The molecule has 0 aliphatic heterocycles. The van der Waals surface area contributed by atoms with Crippen molar-refractivity contribution in [2.24, 2.45) is 11.4 Å². The fourth-order valence-corrected chi connectivity index (χ4v) is 3.29. The molecule has 0 saturated carbocycles. The summed E-state index contributed by atoms with van der Waals surface area (Å²) in [5.74, 6) is 0.234. The Morgan fingerprint density at radius 2 is 2.23 bits per heavy atom. The van der Waals surface area contributed by atoms with Crippen molar-refractivity contribution < 1.29 is 27.4 Å². The standard InChI is InChI=1S/C19H17FN4O5S/c1-4-14(25)7-8-29-18-16(30(27,28)22-2)11-24(3)17(18)19(26)23-13-5-6-15(20)12(9-13)10-21/h1,5-6,9,11,14,25H,2,7-8H2,3H3,(H,23,26)/t14-/m0/s1. The van der Waals surface area contributed by atoms with E-state index in [4.69, 9.17) is 16.4 Å². The SMILES string of the molecule is C#C[C@H](O)CCOc1c(S(=O)(=O)N=C)cn(C)c1C(=O)Nc1ccc(F)c(C#N)c1. The Bertz CT molecular complexity index is 1170. The highest BCUT2D eigenvalue weighted by atomic mass is 32.2. The summed E-state index contributed by atoms with van der Waals surface area (Å²) in [6.07, 6.45) is 5.07. The maximum absolute atomic E-state index is 13.5. The highest BCUT2D eigenvalue weighted by Crippen LogP contribution is 2.32. The smallest absolute Gasteiger partial charge is 0.286 e. The van der Waals surface area contributed by atoms with Gasteiger partial charge in [-0.1, -0.05) is 5.92 Å². The van der Waals surface area contributed by atoms with Crippen molar-refractivity contribution in [2.45, 2.75) is 17.4 Å². The molecular weight excluding hydrogens is 415 g/mol. The third-order valence-corrected chi connectivity index (χ3v) is 5.13. The Hall–Kier alpha value is -3.67. The first-order chi connectivity index (χ1) is 14.1. The van der Waals surface area contributed by atoms with Crippen LogP contribution in [-0.4, -0.2) is 43.4 Å². The van der Waals surface area contributed by atoms with Gasteiger partial charge in [-0.05, 0) is 18.2 Å². The maximum Gasteiger partial charge on any atom is 0.286 e. The summed E-state index contributed by atoms with van der Waals surface area (Å²) in [5, 5.41) is 20.8. The summed E-state index contributed by atoms with van der Waals surface area (Å²) >= 11 is 0. The van der Waals surface area contributed by atoms with Gasteiger partial charge in [0.2, 0.25) is 0 Å². The van der Waals surface area contributed by atoms with Crippen LogP contribution < -0.4 is 10.1 Å². The maximum atomic E-state index is 13.5. The van der Waals surface area contributed by atoms with Gasteiger partial charge in [-0.2, -0.15) is 18.1 Å². The zero-order chi connectivity index (χ0) is 22.5. The van der Waals surface area contributed by atoms with Crippen LogP contribution in [0, 0.1) is 29.5 Å². The Kier molecular flexibility index (Phi) is 6.95. The number of aromatic nitrogens is 1. The topological polar surface area (TPSA) is 134 Å². The molecule has 0 spiro atoms. The molecule has 1 aromatic heterocycles. The first-order valence-electron chi connectivity index (χ1n) is 8.35. The number of aryl methyl sites for hydroxylation is 1. The van der Waals surface area contributed by atoms with E-state index in [1.165, 1.54) is 17.7 Å². The lowest BCUT2D eigenvalue weighted by Crippen LogP contribution is -2.18. The van der Waals surface area contributed by atoms with Gasteiger partial charge in [-0.3, -0.25) is 4.79 Å². The average molecular weight is 432 g/mol. The molecule has 0 saturated heterocycles. The van der Waals surface area contributed by atoms with E-state index in [0.29, 0.717) is 0 Å². The summed E-state index contributed by atoms with van der Waals surface area (Å²) in [6.45, 7) is 2.82. The van der Waals surface area contributed by atoms with Crippen molar-refractivity contribution >= 4 is 28.3 Å². The second kappa shape index (κ2) is 9.22. The Morgan fingerprint density at radius 1 is 1.53 bits per heavy atom. The van der Waals surface area contributed by atoms with E-state index in [9.17, 15) is 22.7 Å². The highest BCUT2D eigenvalue weighted by molar-refractivity contribution is 7.90. The fourth-order valence-electron chi connectivity index (χ4n) is 2.47. The van der Waals surface area contributed by atoms with E-state index in [1.54, 1.807) is 6.07 Å². The number of nitrogens with one attached hydrogen (secondary N) is 1. The normalized spacial score (nSPS) is 11.8. The van der Waals surface area contributed by atoms with Crippen LogP contribution in [0.4, 0.5) is 10.1 Å². The lowest BCUT2D eigenvalue weighted by molar-refractivity contribution is 0.101. The molecule has 9 nitrogen and oxygen atoms in total. The molecule has 1 amide bonds. The minimum atomic E-state index is -4.22. The van der Waals surface area contributed by atoms with Crippen LogP contribution in [0.5, 0.6) is 5.75 Å². The quantitative estimate of drug-likeness (QED) is 0.479. The van der Waals surface area contributed by atoms with E-state index in [-0.39, 0.29) is 35.7 Å². The predicted octanol–water partition coefficient (Wildman–Crippen LogP) is 1.44. The van der Waals surface area contributed by atoms with Crippen LogP contribution in [0.15, 0.2) is 33.7 Å². The molecule has 0 bridgehead atoms. The van der Waals surface area contributed by atoms with Gasteiger partial charge in [-0.15, -0.1) is 6.42 Å². The second-order valence-corrected chi connectivity index (χ2v) is 7.61. The number of carbonyl (C=O) groups excluding carboxylic acids is 1. The number of nitrogens with zero attached hydrogens (tertiary/aromatic N) is 3. The van der Waals surface area contributed by atoms with E-state index < -0.39 is 32.7 Å². The number of aliphatic hydroxyl groups excluding tert-OH is 1. The van der Waals surface area contributed by atoms with E-state index in [0.717, 1.165) is 18.3 Å². The zero-order valence-corrected chi connectivity index (χ0v) is 16.6. The first kappa shape index (κ1) is 22.6.